The Balaban J connectivity index is 2.30. The number of hydrogen-bond acceptors (Lipinski definition) is 5. The first-order valence-electron chi connectivity index (χ1n) is 7.69. The molecule has 1 heterocycles. The van der Waals surface area contributed by atoms with E-state index in [1.165, 1.54) is 18.2 Å². The van der Waals surface area contributed by atoms with E-state index in [1.807, 2.05) is 13.8 Å². The van der Waals surface area contributed by atoms with Crippen LogP contribution >= 0.6 is 0 Å². The van der Waals surface area contributed by atoms with Crippen molar-refractivity contribution < 1.29 is 24.4 Å². The number of nitro groups is 1. The van der Waals surface area contributed by atoms with E-state index in [0.29, 0.717) is 5.56 Å². The van der Waals surface area contributed by atoms with E-state index in [4.69, 9.17) is 4.74 Å². The van der Waals surface area contributed by atoms with E-state index >= 15 is 0 Å². The number of aliphatic carboxylic acids is 1. The Bertz CT molecular complexity index is 665. The van der Waals surface area contributed by atoms with Crippen LogP contribution in [0.2, 0.25) is 0 Å². The summed E-state index contributed by atoms with van der Waals surface area (Å²) in [4.78, 5) is 34.7. The maximum Gasteiger partial charge on any atom is 0.329 e. The molecule has 8 nitrogen and oxygen atoms in total. The number of hydrogen-bond donors (Lipinski definition) is 2. The summed E-state index contributed by atoms with van der Waals surface area (Å²) in [6.07, 6.45) is 0.306. The molecule has 1 aliphatic heterocycles. The zero-order chi connectivity index (χ0) is 17.9. The number of rotatable bonds is 5. The monoisotopic (exact) mass is 336 g/mol. The smallest absolute Gasteiger partial charge is 0.329 e. The molecule has 0 aliphatic carbocycles. The minimum Gasteiger partial charge on any atom is -0.480 e. The molecule has 2 rings (SSSR count). The lowest BCUT2D eigenvalue weighted by molar-refractivity contribution is -0.385. The number of carbonyl (C=O) groups excluding carboxylic acids is 1. The molecule has 24 heavy (non-hydrogen) atoms. The third-order valence-corrected chi connectivity index (χ3v) is 4.22. The number of carboxylic acid groups (broad SMARTS) is 1. The van der Waals surface area contributed by atoms with Gasteiger partial charge in [0.05, 0.1) is 4.92 Å². The van der Waals surface area contributed by atoms with Gasteiger partial charge in [0.25, 0.3) is 11.6 Å². The molecule has 1 saturated heterocycles. The first kappa shape index (κ1) is 17.9. The number of benzene rings is 1. The quantitative estimate of drug-likeness (QED) is 0.627. The molecule has 0 radical (unpaired) electrons. The highest BCUT2D eigenvalue weighted by molar-refractivity contribution is 5.98. The van der Waals surface area contributed by atoms with Crippen LogP contribution in [0.5, 0.6) is 0 Å². The number of nitrogens with one attached hydrogen (secondary N) is 1. The predicted molar refractivity (Wildman–Crippen MR) is 85.1 cm³/mol. The fraction of sp³-hybridized carbons (Fsp3) is 0.500. The van der Waals surface area contributed by atoms with Gasteiger partial charge in [-0.1, -0.05) is 19.9 Å². The van der Waals surface area contributed by atoms with E-state index in [0.717, 1.165) is 0 Å². The van der Waals surface area contributed by atoms with E-state index in [1.54, 1.807) is 0 Å². The van der Waals surface area contributed by atoms with Gasteiger partial charge in [-0.25, -0.2) is 4.79 Å². The Kier molecular flexibility index (Phi) is 5.18. The number of ether oxygens (including phenoxy) is 1. The molecule has 1 aliphatic rings. The first-order valence-corrected chi connectivity index (χ1v) is 7.69. The van der Waals surface area contributed by atoms with Crippen molar-refractivity contribution in [2.75, 3.05) is 13.2 Å². The Morgan fingerprint density at radius 3 is 2.46 bits per heavy atom. The van der Waals surface area contributed by atoms with Crippen LogP contribution in [-0.4, -0.2) is 40.7 Å². The number of amides is 1. The van der Waals surface area contributed by atoms with Crippen LogP contribution in [0, 0.1) is 10.1 Å². The van der Waals surface area contributed by atoms with Crippen LogP contribution in [0.25, 0.3) is 0 Å². The molecule has 1 fully saturated rings. The summed E-state index contributed by atoms with van der Waals surface area (Å²) in [5, 5.41) is 23.2. The van der Waals surface area contributed by atoms with Gasteiger partial charge in [-0.05, 0) is 12.0 Å². The average Bonchev–Trinajstić information content (AvgIpc) is 2.54. The van der Waals surface area contributed by atoms with Crippen LogP contribution in [-0.2, 0) is 9.53 Å². The fourth-order valence-electron chi connectivity index (χ4n) is 2.73. The molecule has 1 aromatic rings. The highest BCUT2D eigenvalue weighted by Crippen LogP contribution is 2.28. The topological polar surface area (TPSA) is 119 Å². The van der Waals surface area contributed by atoms with Crippen LogP contribution in [0.4, 0.5) is 5.69 Å². The van der Waals surface area contributed by atoms with E-state index in [-0.39, 0.29) is 43.2 Å². The van der Waals surface area contributed by atoms with E-state index in [9.17, 15) is 24.8 Å². The van der Waals surface area contributed by atoms with Crippen molar-refractivity contribution in [2.24, 2.45) is 0 Å². The minimum absolute atomic E-state index is 0.0663. The van der Waals surface area contributed by atoms with Gasteiger partial charge in [0.15, 0.2) is 0 Å². The summed E-state index contributed by atoms with van der Waals surface area (Å²) in [5.41, 5.74) is -0.955. The molecule has 0 spiro atoms. The molecule has 8 heteroatoms. The Morgan fingerprint density at radius 2 is 1.96 bits per heavy atom. The van der Waals surface area contributed by atoms with Crippen LogP contribution in [0.1, 0.15) is 48.5 Å². The van der Waals surface area contributed by atoms with Gasteiger partial charge in [0.1, 0.15) is 5.54 Å². The van der Waals surface area contributed by atoms with Crippen molar-refractivity contribution in [3.63, 3.8) is 0 Å². The van der Waals surface area contributed by atoms with Crippen molar-refractivity contribution in [3.8, 4) is 0 Å². The predicted octanol–water partition coefficient (Wildman–Crippen LogP) is 2.08. The standard InChI is InChI=1S/C16H20N2O6/c1-10(2)12-4-3-11(9-13(12)18(22)23)14(19)17-16(15(20)21)5-7-24-8-6-16/h3-4,9-10H,5-8H2,1-2H3,(H,17,19)(H,20,21). The lowest BCUT2D eigenvalue weighted by Gasteiger charge is -2.33. The van der Waals surface area contributed by atoms with Gasteiger partial charge in [0, 0.05) is 43.2 Å². The maximum absolute atomic E-state index is 12.4. The number of nitrogens with zero attached hydrogens (tertiary/aromatic N) is 1. The molecule has 0 saturated carbocycles. The zero-order valence-corrected chi connectivity index (χ0v) is 13.6. The van der Waals surface area contributed by atoms with Crippen molar-refractivity contribution in [1.82, 2.24) is 5.32 Å². The molecule has 0 aromatic heterocycles. The second-order valence-electron chi connectivity index (χ2n) is 6.14. The number of carbonyl (C=O) groups is 2. The number of nitro benzene ring substituents is 1. The molecular formula is C16H20N2O6. The largest absolute Gasteiger partial charge is 0.480 e. The van der Waals surface area contributed by atoms with Gasteiger partial charge in [-0.2, -0.15) is 0 Å². The highest BCUT2D eigenvalue weighted by Gasteiger charge is 2.41. The van der Waals surface area contributed by atoms with Crippen molar-refractivity contribution >= 4 is 17.6 Å². The van der Waals surface area contributed by atoms with Crippen molar-refractivity contribution in [2.45, 2.75) is 38.1 Å². The first-order chi connectivity index (χ1) is 11.3. The highest BCUT2D eigenvalue weighted by atomic mass is 16.6. The Morgan fingerprint density at radius 1 is 1.33 bits per heavy atom. The summed E-state index contributed by atoms with van der Waals surface area (Å²) in [6, 6.07) is 4.21. The molecule has 2 N–H and O–H groups in total. The third kappa shape index (κ3) is 3.53. The zero-order valence-electron chi connectivity index (χ0n) is 13.6. The molecule has 130 valence electrons. The SMILES string of the molecule is CC(C)c1ccc(C(=O)NC2(C(=O)O)CCOCC2)cc1[N+](=O)[O-]. The molecule has 0 atom stereocenters. The second-order valence-corrected chi connectivity index (χ2v) is 6.14. The third-order valence-electron chi connectivity index (χ3n) is 4.22. The fourth-order valence-corrected chi connectivity index (χ4v) is 2.73. The summed E-state index contributed by atoms with van der Waals surface area (Å²) >= 11 is 0. The second kappa shape index (κ2) is 6.96. The van der Waals surface area contributed by atoms with Crippen LogP contribution < -0.4 is 5.32 Å². The van der Waals surface area contributed by atoms with E-state index < -0.39 is 22.3 Å². The van der Waals surface area contributed by atoms with Crippen molar-refractivity contribution in [3.05, 3.63) is 39.4 Å². The maximum atomic E-state index is 12.4. The van der Waals surface area contributed by atoms with Gasteiger partial charge in [0.2, 0.25) is 0 Å². The lowest BCUT2D eigenvalue weighted by Crippen LogP contribution is -2.57. The van der Waals surface area contributed by atoms with E-state index in [2.05, 4.69) is 5.32 Å². The van der Waals surface area contributed by atoms with Gasteiger partial charge >= 0.3 is 5.97 Å². The molecule has 1 aromatic carbocycles. The van der Waals surface area contributed by atoms with Crippen LogP contribution in [0.15, 0.2) is 18.2 Å². The van der Waals surface area contributed by atoms with Crippen molar-refractivity contribution in [1.29, 1.82) is 0 Å². The summed E-state index contributed by atoms with van der Waals surface area (Å²) in [7, 11) is 0. The van der Waals surface area contributed by atoms with Gasteiger partial charge in [-0.15, -0.1) is 0 Å². The molecular weight excluding hydrogens is 316 g/mol. The normalized spacial score (nSPS) is 16.6. The molecule has 1 amide bonds. The summed E-state index contributed by atoms with van der Waals surface area (Å²) in [6.45, 7) is 4.12. The Labute approximate surface area is 139 Å². The summed E-state index contributed by atoms with van der Waals surface area (Å²) in [5.74, 6) is -1.84. The molecule has 0 bridgehead atoms. The van der Waals surface area contributed by atoms with Gasteiger partial charge < -0.3 is 15.2 Å². The summed E-state index contributed by atoms with van der Waals surface area (Å²) < 4.78 is 5.15. The average molecular weight is 336 g/mol. The minimum atomic E-state index is -1.40. The lowest BCUT2D eigenvalue weighted by atomic mass is 9.89. The molecule has 0 unspecified atom stereocenters. The van der Waals surface area contributed by atoms with Gasteiger partial charge in [-0.3, -0.25) is 14.9 Å². The number of carboxylic acids is 1. The Hall–Kier alpha value is -2.48. The van der Waals surface area contributed by atoms with Crippen LogP contribution in [0.3, 0.4) is 0 Å².